The van der Waals surface area contributed by atoms with Gasteiger partial charge in [0, 0.05) is 17.5 Å². The van der Waals surface area contributed by atoms with Crippen LogP contribution in [0.1, 0.15) is 26.2 Å². The first-order chi connectivity index (χ1) is 9.29. The highest BCUT2D eigenvalue weighted by molar-refractivity contribution is 8.00. The zero-order valence-corrected chi connectivity index (χ0v) is 13.4. The van der Waals surface area contributed by atoms with Gasteiger partial charge in [-0.2, -0.15) is 0 Å². The zero-order valence-electron chi connectivity index (χ0n) is 11.8. The van der Waals surface area contributed by atoms with Crippen molar-refractivity contribution < 1.29 is 4.79 Å². The largest absolute Gasteiger partial charge is 0.351 e. The summed E-state index contributed by atoms with van der Waals surface area (Å²) in [4.78, 5) is 13.4. The Bertz CT molecular complexity index is 396. The average Bonchev–Trinajstić information content (AvgIpc) is 2.47. The first-order valence-corrected chi connectivity index (χ1v) is 7.90. The van der Waals surface area contributed by atoms with E-state index in [0.717, 1.165) is 37.2 Å². The lowest BCUT2D eigenvalue weighted by Gasteiger charge is -2.25. The summed E-state index contributed by atoms with van der Waals surface area (Å²) < 4.78 is 0. The van der Waals surface area contributed by atoms with Crippen LogP contribution in [0.2, 0.25) is 0 Å². The Hall–Kier alpha value is -0.710. The molecule has 1 aromatic carbocycles. The SMILES string of the molecule is CCC(Sc1ccccc1)C(=O)NC1CCCNC1.Cl. The molecule has 0 spiro atoms. The second-order valence-electron chi connectivity index (χ2n) is 4.88. The van der Waals surface area contributed by atoms with Crippen molar-refractivity contribution in [3.05, 3.63) is 30.3 Å². The van der Waals surface area contributed by atoms with Gasteiger partial charge in [0.15, 0.2) is 0 Å². The van der Waals surface area contributed by atoms with Crippen molar-refractivity contribution in [3.8, 4) is 0 Å². The number of amides is 1. The summed E-state index contributed by atoms with van der Waals surface area (Å²) in [6, 6.07) is 10.4. The second kappa shape index (κ2) is 9.27. The Balaban J connectivity index is 0.00000200. The number of piperidine rings is 1. The van der Waals surface area contributed by atoms with Gasteiger partial charge in [0.2, 0.25) is 5.91 Å². The number of benzene rings is 1. The van der Waals surface area contributed by atoms with E-state index in [2.05, 4.69) is 29.7 Å². The molecule has 5 heteroatoms. The predicted octanol–water partition coefficient (Wildman–Crippen LogP) is 2.85. The fraction of sp³-hybridized carbons (Fsp3) is 0.533. The molecular weight excluding hydrogens is 292 g/mol. The van der Waals surface area contributed by atoms with Crippen molar-refractivity contribution in [1.29, 1.82) is 0 Å². The van der Waals surface area contributed by atoms with Crippen LogP contribution in [0.15, 0.2) is 35.2 Å². The lowest BCUT2D eigenvalue weighted by molar-refractivity contribution is -0.121. The van der Waals surface area contributed by atoms with Gasteiger partial charge in [-0.25, -0.2) is 0 Å². The molecule has 2 atom stereocenters. The van der Waals surface area contributed by atoms with Gasteiger partial charge >= 0.3 is 0 Å². The van der Waals surface area contributed by atoms with Crippen LogP contribution in [-0.4, -0.2) is 30.3 Å². The Kier molecular flexibility index (Phi) is 8.04. The standard InChI is InChI=1S/C15H22N2OS.ClH/c1-2-14(19-13-8-4-3-5-9-13)15(18)17-12-7-6-10-16-11-12;/h3-5,8-9,12,14,16H,2,6-7,10-11H2,1H3,(H,17,18);1H. The van der Waals surface area contributed by atoms with Crippen molar-refractivity contribution in [2.75, 3.05) is 13.1 Å². The Morgan fingerprint density at radius 2 is 2.20 bits per heavy atom. The molecule has 3 nitrogen and oxygen atoms in total. The number of halogens is 1. The summed E-state index contributed by atoms with van der Waals surface area (Å²) in [5, 5.41) is 6.50. The highest BCUT2D eigenvalue weighted by atomic mass is 35.5. The summed E-state index contributed by atoms with van der Waals surface area (Å²) in [5.74, 6) is 0.171. The van der Waals surface area contributed by atoms with Crippen LogP contribution < -0.4 is 10.6 Å². The van der Waals surface area contributed by atoms with E-state index in [4.69, 9.17) is 0 Å². The van der Waals surface area contributed by atoms with Crippen LogP contribution in [0, 0.1) is 0 Å². The highest BCUT2D eigenvalue weighted by Crippen LogP contribution is 2.25. The van der Waals surface area contributed by atoms with Crippen LogP contribution in [0.4, 0.5) is 0 Å². The lowest BCUT2D eigenvalue weighted by Crippen LogP contribution is -2.48. The molecule has 1 aliphatic heterocycles. The number of nitrogens with one attached hydrogen (secondary N) is 2. The smallest absolute Gasteiger partial charge is 0.233 e. The number of carbonyl (C=O) groups excluding carboxylic acids is 1. The van der Waals surface area contributed by atoms with E-state index in [1.165, 1.54) is 0 Å². The first kappa shape index (κ1) is 17.3. The molecule has 2 N–H and O–H groups in total. The maximum absolute atomic E-state index is 12.3. The van der Waals surface area contributed by atoms with E-state index in [9.17, 15) is 4.79 Å². The fourth-order valence-electron chi connectivity index (χ4n) is 2.25. The molecule has 0 saturated carbocycles. The van der Waals surface area contributed by atoms with Crippen molar-refractivity contribution in [2.24, 2.45) is 0 Å². The van der Waals surface area contributed by atoms with E-state index < -0.39 is 0 Å². The minimum atomic E-state index is 0. The summed E-state index contributed by atoms with van der Waals surface area (Å²) in [6.07, 6.45) is 3.09. The number of carbonyl (C=O) groups is 1. The van der Waals surface area contributed by atoms with Gasteiger partial charge in [0.1, 0.15) is 0 Å². The molecular formula is C15H23ClN2OS. The van der Waals surface area contributed by atoms with Crippen LogP contribution in [0.3, 0.4) is 0 Å². The van der Waals surface area contributed by atoms with Crippen LogP contribution >= 0.6 is 24.2 Å². The van der Waals surface area contributed by atoms with Gasteiger partial charge < -0.3 is 10.6 Å². The Morgan fingerprint density at radius 3 is 2.80 bits per heavy atom. The molecule has 1 heterocycles. The monoisotopic (exact) mass is 314 g/mol. The molecule has 0 aromatic heterocycles. The van der Waals surface area contributed by atoms with Crippen molar-refractivity contribution >= 4 is 30.1 Å². The van der Waals surface area contributed by atoms with E-state index in [1.54, 1.807) is 11.8 Å². The van der Waals surface area contributed by atoms with Crippen molar-refractivity contribution in [3.63, 3.8) is 0 Å². The van der Waals surface area contributed by atoms with Gasteiger partial charge in [-0.3, -0.25) is 4.79 Å². The normalized spacial score (nSPS) is 19.8. The molecule has 1 amide bonds. The average molecular weight is 315 g/mol. The van der Waals surface area contributed by atoms with Gasteiger partial charge in [-0.05, 0) is 37.9 Å². The summed E-state index contributed by atoms with van der Waals surface area (Å²) in [6.45, 7) is 4.04. The zero-order chi connectivity index (χ0) is 13.5. The number of thioether (sulfide) groups is 1. The van der Waals surface area contributed by atoms with Crippen molar-refractivity contribution in [1.82, 2.24) is 10.6 Å². The maximum Gasteiger partial charge on any atom is 0.233 e. The predicted molar refractivity (Wildman–Crippen MR) is 87.7 cm³/mol. The number of rotatable bonds is 5. The van der Waals surface area contributed by atoms with Gasteiger partial charge in [-0.15, -0.1) is 24.2 Å². The number of hydrogen-bond acceptors (Lipinski definition) is 3. The molecule has 20 heavy (non-hydrogen) atoms. The molecule has 0 bridgehead atoms. The fourth-order valence-corrected chi connectivity index (χ4v) is 3.24. The molecule has 2 unspecified atom stereocenters. The topological polar surface area (TPSA) is 41.1 Å². The highest BCUT2D eigenvalue weighted by Gasteiger charge is 2.22. The molecule has 2 rings (SSSR count). The van der Waals surface area contributed by atoms with Crippen LogP contribution in [0.5, 0.6) is 0 Å². The van der Waals surface area contributed by atoms with Gasteiger partial charge in [0.05, 0.1) is 5.25 Å². The third-order valence-electron chi connectivity index (χ3n) is 3.33. The Morgan fingerprint density at radius 1 is 1.45 bits per heavy atom. The quantitative estimate of drug-likeness (QED) is 0.821. The molecule has 0 radical (unpaired) electrons. The molecule has 1 fully saturated rings. The van der Waals surface area contributed by atoms with E-state index in [-0.39, 0.29) is 23.6 Å². The number of hydrogen-bond donors (Lipinski definition) is 2. The van der Waals surface area contributed by atoms with Crippen LogP contribution in [-0.2, 0) is 4.79 Å². The molecule has 1 aliphatic rings. The summed E-state index contributed by atoms with van der Waals surface area (Å²) >= 11 is 1.65. The molecule has 1 saturated heterocycles. The summed E-state index contributed by atoms with van der Waals surface area (Å²) in [5.41, 5.74) is 0. The lowest BCUT2D eigenvalue weighted by atomic mass is 10.1. The van der Waals surface area contributed by atoms with Crippen molar-refractivity contribution in [2.45, 2.75) is 42.4 Å². The molecule has 112 valence electrons. The minimum absolute atomic E-state index is 0. The molecule has 0 aliphatic carbocycles. The van der Waals surface area contributed by atoms with E-state index >= 15 is 0 Å². The summed E-state index contributed by atoms with van der Waals surface area (Å²) in [7, 11) is 0. The molecule has 1 aromatic rings. The third-order valence-corrected chi connectivity index (χ3v) is 4.70. The minimum Gasteiger partial charge on any atom is -0.351 e. The van der Waals surface area contributed by atoms with Gasteiger partial charge in [0.25, 0.3) is 0 Å². The van der Waals surface area contributed by atoms with Crippen LogP contribution in [0.25, 0.3) is 0 Å². The maximum atomic E-state index is 12.3. The van der Waals surface area contributed by atoms with Gasteiger partial charge in [-0.1, -0.05) is 25.1 Å². The Labute approximate surface area is 131 Å². The third kappa shape index (κ3) is 5.35. The second-order valence-corrected chi connectivity index (χ2v) is 6.16. The van der Waals surface area contributed by atoms with E-state index in [1.807, 2.05) is 18.2 Å². The first-order valence-electron chi connectivity index (χ1n) is 7.02. The van der Waals surface area contributed by atoms with E-state index in [0.29, 0.717) is 6.04 Å².